The van der Waals surface area contributed by atoms with Crippen molar-refractivity contribution in [3.63, 3.8) is 0 Å². The van der Waals surface area contributed by atoms with E-state index in [2.05, 4.69) is 9.88 Å². The Kier molecular flexibility index (Phi) is 6.78. The van der Waals surface area contributed by atoms with Crippen LogP contribution >= 0.6 is 23.2 Å². The van der Waals surface area contributed by atoms with Crippen LogP contribution in [0.1, 0.15) is 22.5 Å². The minimum Gasteiger partial charge on any atom is -0.489 e. The van der Waals surface area contributed by atoms with E-state index in [4.69, 9.17) is 27.9 Å². The highest BCUT2D eigenvalue weighted by Gasteiger charge is 2.35. The molecule has 3 aromatic carbocycles. The maximum atomic E-state index is 13.0. The number of halogens is 2. The van der Waals surface area contributed by atoms with Crippen molar-refractivity contribution < 1.29 is 14.3 Å². The third-order valence-electron chi connectivity index (χ3n) is 6.15. The lowest BCUT2D eigenvalue weighted by Crippen LogP contribution is -2.30. The minimum absolute atomic E-state index is 0.214. The molecule has 6 nitrogen and oxygen atoms in total. The van der Waals surface area contributed by atoms with Crippen LogP contribution in [0.4, 0.5) is 10.5 Å². The molecule has 5 rings (SSSR count). The predicted molar refractivity (Wildman–Crippen MR) is 146 cm³/mol. The van der Waals surface area contributed by atoms with Crippen LogP contribution in [-0.2, 0) is 11.4 Å². The molecule has 0 bridgehead atoms. The molecule has 8 heteroatoms. The molecule has 1 aliphatic rings. The lowest BCUT2D eigenvalue weighted by molar-refractivity contribution is -0.113. The van der Waals surface area contributed by atoms with Crippen LogP contribution in [0.15, 0.2) is 84.6 Å². The third-order valence-corrected chi connectivity index (χ3v) is 6.65. The molecule has 0 aliphatic carbocycles. The van der Waals surface area contributed by atoms with Crippen LogP contribution in [0, 0.1) is 13.8 Å². The number of nitrogens with zero attached hydrogens (tertiary/aromatic N) is 2. The summed E-state index contributed by atoms with van der Waals surface area (Å²) >= 11 is 11.9. The fourth-order valence-electron chi connectivity index (χ4n) is 4.29. The van der Waals surface area contributed by atoms with Gasteiger partial charge in [-0.25, -0.2) is 9.69 Å². The van der Waals surface area contributed by atoms with E-state index in [0.29, 0.717) is 22.3 Å². The van der Waals surface area contributed by atoms with Crippen molar-refractivity contribution in [1.82, 2.24) is 9.88 Å². The number of rotatable bonds is 6. The molecule has 0 radical (unpaired) electrons. The van der Waals surface area contributed by atoms with E-state index in [0.717, 1.165) is 38.9 Å². The molecule has 1 N–H and O–H groups in total. The number of urea groups is 1. The van der Waals surface area contributed by atoms with Crippen molar-refractivity contribution in [3.05, 3.63) is 117 Å². The number of nitrogens with one attached hydrogen (secondary N) is 1. The standard InChI is InChI=1S/C29H23Cl2N3O3/c1-18-15-21(16-27-28(35)34(29(36)32-27)25-9-7-23(31)8-10-25)19(2)33(18)24-11-13-26(14-12-24)37-17-20-3-5-22(30)6-4-20/h3-16H,17H2,1-2H3,(H,32,36)/b27-16+. The highest BCUT2D eigenvalue weighted by atomic mass is 35.5. The Balaban J connectivity index is 1.34. The van der Waals surface area contributed by atoms with Gasteiger partial charge in [-0.2, -0.15) is 0 Å². The van der Waals surface area contributed by atoms with E-state index in [9.17, 15) is 9.59 Å². The summed E-state index contributed by atoms with van der Waals surface area (Å²) in [6, 6.07) is 23.4. The average Bonchev–Trinajstić information content (AvgIpc) is 3.33. The SMILES string of the molecule is Cc1cc(/C=C2/NC(=O)N(c3ccc(Cl)cc3)C2=O)c(C)n1-c1ccc(OCc2ccc(Cl)cc2)cc1. The summed E-state index contributed by atoms with van der Waals surface area (Å²) in [6.07, 6.45) is 1.71. The first-order chi connectivity index (χ1) is 17.8. The second-order valence-electron chi connectivity index (χ2n) is 8.68. The monoisotopic (exact) mass is 531 g/mol. The normalized spacial score (nSPS) is 14.4. The van der Waals surface area contributed by atoms with E-state index in [-0.39, 0.29) is 5.70 Å². The largest absolute Gasteiger partial charge is 0.489 e. The van der Waals surface area contributed by atoms with Gasteiger partial charge in [0, 0.05) is 27.1 Å². The van der Waals surface area contributed by atoms with Crippen molar-refractivity contribution in [2.75, 3.05) is 4.90 Å². The second-order valence-corrected chi connectivity index (χ2v) is 9.55. The summed E-state index contributed by atoms with van der Waals surface area (Å²) < 4.78 is 7.99. The molecule has 1 aromatic heterocycles. The van der Waals surface area contributed by atoms with Gasteiger partial charge in [0.05, 0.1) is 5.69 Å². The first-order valence-electron chi connectivity index (χ1n) is 11.6. The van der Waals surface area contributed by atoms with Gasteiger partial charge < -0.3 is 14.6 Å². The van der Waals surface area contributed by atoms with Gasteiger partial charge in [-0.15, -0.1) is 0 Å². The maximum Gasteiger partial charge on any atom is 0.333 e. The topological polar surface area (TPSA) is 63.6 Å². The zero-order valence-electron chi connectivity index (χ0n) is 20.2. The van der Waals surface area contributed by atoms with E-state index in [1.165, 1.54) is 0 Å². The van der Waals surface area contributed by atoms with Crippen molar-refractivity contribution in [2.45, 2.75) is 20.5 Å². The van der Waals surface area contributed by atoms with Crippen LogP contribution in [0.5, 0.6) is 5.75 Å². The fraction of sp³-hybridized carbons (Fsp3) is 0.103. The van der Waals surface area contributed by atoms with E-state index in [1.54, 1.807) is 30.3 Å². The molecule has 186 valence electrons. The summed E-state index contributed by atoms with van der Waals surface area (Å²) in [5.41, 5.74) is 5.43. The Morgan fingerprint density at radius 3 is 2.08 bits per heavy atom. The summed E-state index contributed by atoms with van der Waals surface area (Å²) in [7, 11) is 0. The van der Waals surface area contributed by atoms with Gasteiger partial charge >= 0.3 is 6.03 Å². The number of benzene rings is 3. The Morgan fingerprint density at radius 1 is 0.838 bits per heavy atom. The number of aryl methyl sites for hydroxylation is 1. The molecule has 4 aromatic rings. The van der Waals surface area contributed by atoms with Crippen LogP contribution in [0.3, 0.4) is 0 Å². The van der Waals surface area contributed by atoms with Crippen molar-refractivity contribution in [1.29, 1.82) is 0 Å². The van der Waals surface area contributed by atoms with Crippen molar-refractivity contribution in [3.8, 4) is 11.4 Å². The van der Waals surface area contributed by atoms with Gasteiger partial charge in [0.15, 0.2) is 0 Å². The smallest absolute Gasteiger partial charge is 0.333 e. The summed E-state index contributed by atoms with van der Waals surface area (Å²) in [6.45, 7) is 4.42. The van der Waals surface area contributed by atoms with Gasteiger partial charge in [0.2, 0.25) is 0 Å². The molecule has 2 heterocycles. The Bertz CT molecular complexity index is 1510. The van der Waals surface area contributed by atoms with Gasteiger partial charge in [-0.3, -0.25) is 4.79 Å². The van der Waals surface area contributed by atoms with Gasteiger partial charge in [0.1, 0.15) is 18.1 Å². The number of imide groups is 1. The van der Waals surface area contributed by atoms with Gasteiger partial charge in [0.25, 0.3) is 5.91 Å². The van der Waals surface area contributed by atoms with Crippen LogP contribution in [0.2, 0.25) is 10.0 Å². The third kappa shape index (κ3) is 5.12. The number of carbonyl (C=O) groups excluding carboxylic acids is 2. The van der Waals surface area contributed by atoms with Crippen molar-refractivity contribution in [2.24, 2.45) is 0 Å². The minimum atomic E-state index is -0.499. The Morgan fingerprint density at radius 2 is 1.43 bits per heavy atom. The Hall–Kier alpha value is -4.00. The lowest BCUT2D eigenvalue weighted by atomic mass is 10.2. The summed E-state index contributed by atoms with van der Waals surface area (Å²) in [5, 5.41) is 3.90. The zero-order chi connectivity index (χ0) is 26.1. The van der Waals surface area contributed by atoms with Crippen molar-refractivity contribution >= 4 is 46.9 Å². The second kappa shape index (κ2) is 10.2. The fourth-order valence-corrected chi connectivity index (χ4v) is 4.54. The molecule has 3 amide bonds. The van der Waals surface area contributed by atoms with Gasteiger partial charge in [-0.05, 0) is 97.8 Å². The quantitative estimate of drug-likeness (QED) is 0.213. The molecule has 0 atom stereocenters. The first-order valence-corrected chi connectivity index (χ1v) is 12.3. The molecule has 1 aliphatic heterocycles. The number of hydrogen-bond donors (Lipinski definition) is 1. The van der Waals surface area contributed by atoms with Crippen LogP contribution < -0.4 is 15.0 Å². The molecule has 37 heavy (non-hydrogen) atoms. The van der Waals surface area contributed by atoms with Crippen LogP contribution in [0.25, 0.3) is 11.8 Å². The highest BCUT2D eigenvalue weighted by molar-refractivity contribution is 6.31. The van der Waals surface area contributed by atoms with E-state index in [1.807, 2.05) is 68.4 Å². The molecular weight excluding hydrogens is 509 g/mol. The zero-order valence-corrected chi connectivity index (χ0v) is 21.7. The molecular formula is C29H23Cl2N3O3. The number of carbonyl (C=O) groups is 2. The highest BCUT2D eigenvalue weighted by Crippen LogP contribution is 2.27. The lowest BCUT2D eigenvalue weighted by Gasteiger charge is -2.12. The van der Waals surface area contributed by atoms with E-state index < -0.39 is 11.9 Å². The molecule has 0 saturated carbocycles. The number of ether oxygens (including phenoxy) is 1. The first kappa shape index (κ1) is 24.7. The average molecular weight is 532 g/mol. The number of aromatic nitrogens is 1. The van der Waals surface area contributed by atoms with Crippen LogP contribution in [-0.4, -0.2) is 16.5 Å². The number of hydrogen-bond acceptors (Lipinski definition) is 3. The van der Waals surface area contributed by atoms with Gasteiger partial charge in [-0.1, -0.05) is 35.3 Å². The number of amides is 3. The molecule has 1 saturated heterocycles. The molecule has 0 spiro atoms. The molecule has 1 fully saturated rings. The Labute approximate surface area is 224 Å². The molecule has 0 unspecified atom stereocenters. The van der Waals surface area contributed by atoms with E-state index >= 15 is 0 Å². The number of anilines is 1. The maximum absolute atomic E-state index is 13.0. The summed E-state index contributed by atoms with van der Waals surface area (Å²) in [5.74, 6) is 0.337. The predicted octanol–water partition coefficient (Wildman–Crippen LogP) is 7.08. The summed E-state index contributed by atoms with van der Waals surface area (Å²) in [4.78, 5) is 26.6.